The lowest BCUT2D eigenvalue weighted by Crippen LogP contribution is -2.30. The van der Waals surface area contributed by atoms with Crippen molar-refractivity contribution >= 4 is 16.1 Å². The van der Waals surface area contributed by atoms with Crippen molar-refractivity contribution in [3.63, 3.8) is 0 Å². The molecule has 0 aliphatic rings. The van der Waals surface area contributed by atoms with Crippen molar-refractivity contribution in [1.82, 2.24) is 0 Å². The Hall–Kier alpha value is -1.40. The Morgan fingerprint density at radius 3 is 2.35 bits per heavy atom. The van der Waals surface area contributed by atoms with Crippen molar-refractivity contribution < 1.29 is 22.1 Å². The van der Waals surface area contributed by atoms with E-state index in [2.05, 4.69) is 4.74 Å². The number of carbonyl (C=O) groups is 1. The second-order valence-electron chi connectivity index (χ2n) is 3.50. The Kier molecular flexibility index (Phi) is 4.65. The van der Waals surface area contributed by atoms with Crippen LogP contribution in [0.25, 0.3) is 0 Å². The topological polar surface area (TPSA) is 69.7 Å². The summed E-state index contributed by atoms with van der Waals surface area (Å²) >= 11 is 0. The highest BCUT2D eigenvalue weighted by molar-refractivity contribution is 7.86. The minimum Gasteiger partial charge on any atom is -0.467 e. The first-order chi connectivity index (χ1) is 7.92. The molecule has 6 heteroatoms. The van der Waals surface area contributed by atoms with E-state index < -0.39 is 22.2 Å². The van der Waals surface area contributed by atoms with Gasteiger partial charge in [-0.25, -0.2) is 4.79 Å². The maximum Gasteiger partial charge on any atom is 0.336 e. The molecule has 94 valence electrons. The summed E-state index contributed by atoms with van der Waals surface area (Å²) in [7, 11) is -2.51. The maximum absolute atomic E-state index is 11.4. The van der Waals surface area contributed by atoms with E-state index in [1.165, 1.54) is 7.11 Å². The lowest BCUT2D eigenvalue weighted by molar-refractivity contribution is -0.148. The Bertz CT molecular complexity index is 466. The normalized spacial score (nSPS) is 13.1. The van der Waals surface area contributed by atoms with Gasteiger partial charge < -0.3 is 4.74 Å². The third-order valence-corrected chi connectivity index (χ3v) is 2.60. The molecule has 0 bridgehead atoms. The molecule has 1 atom stereocenters. The minimum absolute atomic E-state index is 0.153. The Morgan fingerprint density at radius 1 is 1.29 bits per heavy atom. The summed E-state index contributed by atoms with van der Waals surface area (Å²) in [6, 6.07) is 8.98. The first kappa shape index (κ1) is 13.7. The molecule has 0 radical (unpaired) electrons. The van der Waals surface area contributed by atoms with Gasteiger partial charge in [-0.2, -0.15) is 8.42 Å². The number of esters is 1. The molecule has 1 aromatic carbocycles. The van der Waals surface area contributed by atoms with Crippen molar-refractivity contribution in [2.45, 2.75) is 12.5 Å². The van der Waals surface area contributed by atoms with Gasteiger partial charge in [0.05, 0.1) is 13.4 Å². The molecule has 0 saturated heterocycles. The fourth-order valence-corrected chi connectivity index (χ4v) is 1.90. The number of hydrogen-bond donors (Lipinski definition) is 0. The van der Waals surface area contributed by atoms with Crippen LogP contribution in [0.2, 0.25) is 0 Å². The monoisotopic (exact) mass is 258 g/mol. The van der Waals surface area contributed by atoms with Gasteiger partial charge in [-0.3, -0.25) is 4.18 Å². The summed E-state index contributed by atoms with van der Waals surface area (Å²) in [5, 5.41) is 0. The third kappa shape index (κ3) is 4.97. The molecule has 0 aromatic heterocycles. The zero-order valence-electron chi connectivity index (χ0n) is 9.62. The third-order valence-electron chi connectivity index (χ3n) is 2.02. The lowest BCUT2D eigenvalue weighted by Gasteiger charge is -2.13. The van der Waals surface area contributed by atoms with Crippen LogP contribution in [0.5, 0.6) is 0 Å². The van der Waals surface area contributed by atoms with Gasteiger partial charge >= 0.3 is 5.97 Å². The van der Waals surface area contributed by atoms with Crippen LogP contribution >= 0.6 is 0 Å². The quantitative estimate of drug-likeness (QED) is 0.575. The first-order valence-corrected chi connectivity index (χ1v) is 6.74. The molecule has 1 aromatic rings. The van der Waals surface area contributed by atoms with E-state index in [1.54, 1.807) is 24.3 Å². The summed E-state index contributed by atoms with van der Waals surface area (Å²) in [4.78, 5) is 11.4. The summed E-state index contributed by atoms with van der Waals surface area (Å²) in [5.74, 6) is -0.709. The molecule has 0 aliphatic carbocycles. The van der Waals surface area contributed by atoms with E-state index in [1.807, 2.05) is 6.07 Å². The Morgan fingerprint density at radius 2 is 1.88 bits per heavy atom. The SMILES string of the molecule is COC(=O)[C@@H](Cc1ccccc1)OS(C)(=O)=O. The second-order valence-corrected chi connectivity index (χ2v) is 5.10. The van der Waals surface area contributed by atoms with Gasteiger partial charge in [0.2, 0.25) is 0 Å². The van der Waals surface area contributed by atoms with Gasteiger partial charge in [0.25, 0.3) is 10.1 Å². The molecule has 0 aliphatic heterocycles. The minimum atomic E-state index is -3.70. The summed E-state index contributed by atoms with van der Waals surface area (Å²) in [5.41, 5.74) is 0.798. The van der Waals surface area contributed by atoms with Crippen molar-refractivity contribution in [2.24, 2.45) is 0 Å². The van der Waals surface area contributed by atoms with E-state index in [9.17, 15) is 13.2 Å². The summed E-state index contributed by atoms with van der Waals surface area (Å²) < 4.78 is 31.2. The van der Waals surface area contributed by atoms with E-state index in [4.69, 9.17) is 4.18 Å². The van der Waals surface area contributed by atoms with Gasteiger partial charge in [-0.05, 0) is 5.56 Å². The number of hydrogen-bond acceptors (Lipinski definition) is 5. The smallest absolute Gasteiger partial charge is 0.336 e. The number of rotatable bonds is 5. The van der Waals surface area contributed by atoms with Crippen molar-refractivity contribution in [2.75, 3.05) is 13.4 Å². The number of carbonyl (C=O) groups excluding carboxylic acids is 1. The van der Waals surface area contributed by atoms with E-state index >= 15 is 0 Å². The van der Waals surface area contributed by atoms with Crippen molar-refractivity contribution in [3.8, 4) is 0 Å². The van der Waals surface area contributed by atoms with Crippen LogP contribution < -0.4 is 0 Å². The lowest BCUT2D eigenvalue weighted by atomic mass is 10.1. The van der Waals surface area contributed by atoms with Crippen LogP contribution in [0.3, 0.4) is 0 Å². The Labute approximate surface area is 100 Å². The van der Waals surface area contributed by atoms with Crippen LogP contribution in [0.15, 0.2) is 30.3 Å². The molecule has 0 unspecified atom stereocenters. The second kappa shape index (κ2) is 5.79. The number of ether oxygens (including phenoxy) is 1. The average molecular weight is 258 g/mol. The molecule has 0 amide bonds. The number of methoxy groups -OCH3 is 1. The van der Waals surface area contributed by atoms with Crippen LogP contribution in [-0.4, -0.2) is 33.9 Å². The zero-order chi connectivity index (χ0) is 12.9. The summed E-state index contributed by atoms with van der Waals surface area (Å²) in [6.45, 7) is 0. The van der Waals surface area contributed by atoms with Crippen LogP contribution in [0.1, 0.15) is 5.56 Å². The molecular formula is C11H14O5S. The van der Waals surface area contributed by atoms with Crippen molar-refractivity contribution in [3.05, 3.63) is 35.9 Å². The van der Waals surface area contributed by atoms with Gasteiger partial charge in [0.1, 0.15) is 0 Å². The molecule has 5 nitrogen and oxygen atoms in total. The van der Waals surface area contributed by atoms with Gasteiger partial charge in [0, 0.05) is 6.42 Å². The van der Waals surface area contributed by atoms with Crippen LogP contribution in [0, 0.1) is 0 Å². The molecule has 0 fully saturated rings. The highest BCUT2D eigenvalue weighted by Gasteiger charge is 2.24. The molecule has 1 rings (SSSR count). The van der Waals surface area contributed by atoms with Gasteiger partial charge in [-0.1, -0.05) is 30.3 Å². The van der Waals surface area contributed by atoms with E-state index in [-0.39, 0.29) is 6.42 Å². The summed E-state index contributed by atoms with van der Waals surface area (Å²) in [6.07, 6.45) is -0.0912. The van der Waals surface area contributed by atoms with Crippen LogP contribution in [0.4, 0.5) is 0 Å². The predicted molar refractivity (Wildman–Crippen MR) is 61.9 cm³/mol. The van der Waals surface area contributed by atoms with E-state index in [0.29, 0.717) is 0 Å². The molecule has 17 heavy (non-hydrogen) atoms. The van der Waals surface area contributed by atoms with Crippen molar-refractivity contribution in [1.29, 1.82) is 0 Å². The maximum atomic E-state index is 11.4. The van der Waals surface area contributed by atoms with Crippen LogP contribution in [-0.2, 0) is 30.3 Å². The predicted octanol–water partition coefficient (Wildman–Crippen LogP) is 0.747. The molecular weight excluding hydrogens is 244 g/mol. The molecule has 0 heterocycles. The van der Waals surface area contributed by atoms with Gasteiger partial charge in [-0.15, -0.1) is 0 Å². The highest BCUT2D eigenvalue weighted by Crippen LogP contribution is 2.09. The standard InChI is InChI=1S/C11H14O5S/c1-15-11(12)10(16-17(2,13)14)8-9-6-4-3-5-7-9/h3-7,10H,8H2,1-2H3/t10-/m1/s1. The zero-order valence-corrected chi connectivity index (χ0v) is 10.4. The molecule has 0 saturated carbocycles. The highest BCUT2D eigenvalue weighted by atomic mass is 32.2. The Balaban J connectivity index is 2.81. The average Bonchev–Trinajstić information content (AvgIpc) is 2.27. The fraction of sp³-hybridized carbons (Fsp3) is 0.364. The first-order valence-electron chi connectivity index (χ1n) is 4.92. The van der Waals surface area contributed by atoms with Gasteiger partial charge in [0.15, 0.2) is 6.10 Å². The molecule has 0 spiro atoms. The fourth-order valence-electron chi connectivity index (χ4n) is 1.33. The number of benzene rings is 1. The van der Waals surface area contributed by atoms with E-state index in [0.717, 1.165) is 11.8 Å². The largest absolute Gasteiger partial charge is 0.467 e. The molecule has 0 N–H and O–H groups in total.